The Morgan fingerprint density at radius 1 is 1.14 bits per heavy atom. The topological polar surface area (TPSA) is 95.9 Å². The number of carbonyl (C=O) groups excluding carboxylic acids is 1. The van der Waals surface area contributed by atoms with Crippen LogP contribution in [0.25, 0.3) is 0 Å². The van der Waals surface area contributed by atoms with Gasteiger partial charge in [-0.2, -0.15) is 4.31 Å². The van der Waals surface area contributed by atoms with Crippen LogP contribution >= 0.6 is 0 Å². The summed E-state index contributed by atoms with van der Waals surface area (Å²) in [6.45, 7) is 0.220. The summed E-state index contributed by atoms with van der Waals surface area (Å²) in [5.74, 6) is -0.406. The minimum absolute atomic E-state index is 0.0920. The van der Waals surface area contributed by atoms with Gasteiger partial charge < -0.3 is 4.74 Å². The van der Waals surface area contributed by atoms with Crippen LogP contribution < -0.4 is 10.2 Å². The van der Waals surface area contributed by atoms with Gasteiger partial charge in [-0.25, -0.2) is 13.9 Å². The molecule has 2 atom stereocenters. The smallest absolute Gasteiger partial charge is 0.262 e. The van der Waals surface area contributed by atoms with Crippen LogP contribution in [0.2, 0.25) is 0 Å². The molecule has 1 amide bonds. The fourth-order valence-electron chi connectivity index (χ4n) is 3.90. The molecule has 0 aliphatic carbocycles. The Bertz CT molecular complexity index is 916. The lowest BCUT2D eigenvalue weighted by molar-refractivity contribution is -0.134. The van der Waals surface area contributed by atoms with Crippen LogP contribution in [0.3, 0.4) is 0 Å². The van der Waals surface area contributed by atoms with Crippen LogP contribution in [-0.2, 0) is 21.2 Å². The number of methoxy groups -OCH3 is 1. The first kappa shape index (κ1) is 21.3. The van der Waals surface area contributed by atoms with E-state index in [1.165, 1.54) is 23.5 Å². The molecule has 29 heavy (non-hydrogen) atoms. The lowest BCUT2D eigenvalue weighted by Gasteiger charge is -2.32. The number of nitrogens with one attached hydrogen (secondary N) is 1. The Hall–Kier alpha value is -2.42. The molecule has 0 aromatic heterocycles. The second kappa shape index (κ2) is 9.39. The first-order valence-electron chi connectivity index (χ1n) is 9.61. The Balaban J connectivity index is 1.98. The summed E-state index contributed by atoms with van der Waals surface area (Å²) in [4.78, 5) is 12.7. The Labute approximate surface area is 171 Å². The maximum Gasteiger partial charge on any atom is 0.262 e. The van der Waals surface area contributed by atoms with Gasteiger partial charge in [0.1, 0.15) is 11.8 Å². The molecular weight excluding hydrogens is 392 g/mol. The SMILES string of the molecule is COc1ccc(S(=O)(=O)N2CCCC[C@H](Cc3ccccc3)[C@@H]2C(=O)NO)cc1. The molecule has 2 aromatic rings. The lowest BCUT2D eigenvalue weighted by Crippen LogP contribution is -2.52. The number of amides is 1. The number of carbonyl (C=O) groups is 1. The molecule has 0 saturated carbocycles. The molecule has 3 rings (SSSR count). The van der Waals surface area contributed by atoms with Crippen LogP contribution in [-0.4, -0.2) is 43.5 Å². The molecule has 1 aliphatic rings. The largest absolute Gasteiger partial charge is 0.497 e. The summed E-state index contributed by atoms with van der Waals surface area (Å²) < 4.78 is 33.1. The fourth-order valence-corrected chi connectivity index (χ4v) is 5.59. The van der Waals surface area contributed by atoms with E-state index in [1.54, 1.807) is 17.6 Å². The van der Waals surface area contributed by atoms with E-state index in [9.17, 15) is 18.4 Å². The highest BCUT2D eigenvalue weighted by atomic mass is 32.2. The van der Waals surface area contributed by atoms with E-state index in [4.69, 9.17) is 4.74 Å². The third-order valence-corrected chi connectivity index (χ3v) is 7.24. The molecule has 0 unspecified atom stereocenters. The van der Waals surface area contributed by atoms with Gasteiger partial charge in [0.15, 0.2) is 0 Å². The first-order chi connectivity index (χ1) is 14.0. The van der Waals surface area contributed by atoms with E-state index in [-0.39, 0.29) is 17.4 Å². The maximum absolute atomic E-state index is 13.4. The minimum atomic E-state index is -3.93. The number of ether oxygens (including phenoxy) is 1. The number of hydroxylamine groups is 1. The van der Waals surface area contributed by atoms with Crippen molar-refractivity contribution in [1.82, 2.24) is 9.79 Å². The van der Waals surface area contributed by atoms with Crippen molar-refractivity contribution in [3.8, 4) is 5.75 Å². The lowest BCUT2D eigenvalue weighted by atomic mass is 9.88. The number of nitrogens with zero attached hydrogens (tertiary/aromatic N) is 1. The molecule has 8 heteroatoms. The van der Waals surface area contributed by atoms with E-state index >= 15 is 0 Å². The highest BCUT2D eigenvalue weighted by Gasteiger charge is 2.41. The molecule has 2 aromatic carbocycles. The van der Waals surface area contributed by atoms with Gasteiger partial charge in [0.05, 0.1) is 12.0 Å². The molecule has 2 N–H and O–H groups in total. The number of rotatable bonds is 6. The summed E-state index contributed by atoms with van der Waals surface area (Å²) in [6.07, 6.45) is 2.70. The summed E-state index contributed by atoms with van der Waals surface area (Å²) in [5.41, 5.74) is 2.71. The van der Waals surface area contributed by atoms with E-state index in [0.29, 0.717) is 25.0 Å². The van der Waals surface area contributed by atoms with E-state index < -0.39 is 22.0 Å². The number of hydrogen-bond acceptors (Lipinski definition) is 5. The summed E-state index contributed by atoms with van der Waals surface area (Å²) >= 11 is 0. The number of benzene rings is 2. The van der Waals surface area contributed by atoms with Gasteiger partial charge in [0, 0.05) is 6.54 Å². The Morgan fingerprint density at radius 2 is 1.83 bits per heavy atom. The summed E-state index contributed by atoms with van der Waals surface area (Å²) in [7, 11) is -2.43. The predicted molar refractivity (Wildman–Crippen MR) is 108 cm³/mol. The molecule has 0 bridgehead atoms. The van der Waals surface area contributed by atoms with E-state index in [1.807, 2.05) is 30.3 Å². The van der Waals surface area contributed by atoms with Gasteiger partial charge in [-0.15, -0.1) is 0 Å². The van der Waals surface area contributed by atoms with Gasteiger partial charge in [-0.1, -0.05) is 36.8 Å². The van der Waals surface area contributed by atoms with Gasteiger partial charge in [-0.3, -0.25) is 10.0 Å². The van der Waals surface area contributed by atoms with Crippen molar-refractivity contribution in [2.45, 2.75) is 36.6 Å². The molecule has 0 spiro atoms. The monoisotopic (exact) mass is 418 g/mol. The molecule has 1 saturated heterocycles. The second-order valence-electron chi connectivity index (χ2n) is 7.16. The highest BCUT2D eigenvalue weighted by Crippen LogP contribution is 2.31. The maximum atomic E-state index is 13.4. The summed E-state index contributed by atoms with van der Waals surface area (Å²) in [5, 5.41) is 9.35. The first-order valence-corrected chi connectivity index (χ1v) is 11.0. The highest BCUT2D eigenvalue weighted by molar-refractivity contribution is 7.89. The molecule has 7 nitrogen and oxygen atoms in total. The van der Waals surface area contributed by atoms with Crippen molar-refractivity contribution < 1.29 is 23.2 Å². The van der Waals surface area contributed by atoms with Crippen molar-refractivity contribution in [2.24, 2.45) is 5.92 Å². The third-order valence-electron chi connectivity index (χ3n) is 5.35. The van der Waals surface area contributed by atoms with Gasteiger partial charge in [-0.05, 0) is 55.0 Å². The number of hydrogen-bond donors (Lipinski definition) is 2. The molecule has 156 valence electrons. The molecule has 0 radical (unpaired) electrons. The van der Waals surface area contributed by atoms with Crippen LogP contribution in [0.4, 0.5) is 0 Å². The van der Waals surface area contributed by atoms with E-state index in [2.05, 4.69) is 0 Å². The second-order valence-corrected chi connectivity index (χ2v) is 9.05. The zero-order chi connectivity index (χ0) is 20.9. The molecule has 1 aliphatic heterocycles. The van der Waals surface area contributed by atoms with Crippen molar-refractivity contribution in [1.29, 1.82) is 0 Å². The van der Waals surface area contributed by atoms with Crippen LogP contribution in [0.15, 0.2) is 59.5 Å². The molecule has 1 fully saturated rings. The average molecular weight is 419 g/mol. The predicted octanol–water partition coefficient (Wildman–Crippen LogP) is 2.60. The van der Waals surface area contributed by atoms with Gasteiger partial charge in [0.2, 0.25) is 10.0 Å². The third kappa shape index (κ3) is 4.77. The Kier molecular flexibility index (Phi) is 6.89. The quantitative estimate of drug-likeness (QED) is 0.555. The molecule has 1 heterocycles. The Morgan fingerprint density at radius 3 is 2.45 bits per heavy atom. The zero-order valence-electron chi connectivity index (χ0n) is 16.3. The van der Waals surface area contributed by atoms with Crippen LogP contribution in [0.1, 0.15) is 24.8 Å². The normalized spacial score (nSPS) is 20.6. The minimum Gasteiger partial charge on any atom is -0.497 e. The van der Waals surface area contributed by atoms with Crippen LogP contribution in [0, 0.1) is 5.92 Å². The zero-order valence-corrected chi connectivity index (χ0v) is 17.1. The van der Waals surface area contributed by atoms with E-state index in [0.717, 1.165) is 12.0 Å². The van der Waals surface area contributed by atoms with Gasteiger partial charge >= 0.3 is 0 Å². The molecular formula is C21H26N2O5S. The van der Waals surface area contributed by atoms with Gasteiger partial charge in [0.25, 0.3) is 5.91 Å². The van der Waals surface area contributed by atoms with Crippen molar-refractivity contribution in [3.05, 3.63) is 60.2 Å². The fraction of sp³-hybridized carbons (Fsp3) is 0.381. The summed E-state index contributed by atoms with van der Waals surface area (Å²) in [6, 6.07) is 14.8. The standard InChI is InChI=1S/C21H26N2O5S/c1-28-18-10-12-19(13-11-18)29(26,27)23-14-6-5-9-17(20(23)21(24)22-25)15-16-7-3-2-4-8-16/h2-4,7-8,10-13,17,20,25H,5-6,9,14-15H2,1H3,(H,22,24)/t17-,20-/m1/s1. The number of sulfonamides is 1. The van der Waals surface area contributed by atoms with Crippen molar-refractivity contribution in [2.75, 3.05) is 13.7 Å². The van der Waals surface area contributed by atoms with Crippen molar-refractivity contribution >= 4 is 15.9 Å². The van der Waals surface area contributed by atoms with Crippen molar-refractivity contribution in [3.63, 3.8) is 0 Å². The van der Waals surface area contributed by atoms with Crippen LogP contribution in [0.5, 0.6) is 5.75 Å². The average Bonchev–Trinajstić information content (AvgIpc) is 2.97.